The van der Waals surface area contributed by atoms with Crippen LogP contribution in [-0.4, -0.2) is 49.8 Å². The smallest absolute Gasteiger partial charge is 0.252 e. The van der Waals surface area contributed by atoms with E-state index in [2.05, 4.69) is 44.5 Å². The Kier molecular flexibility index (Phi) is 6.24. The van der Waals surface area contributed by atoms with E-state index in [4.69, 9.17) is 4.74 Å². The number of fused-ring (bicyclic) bond motifs is 1. The van der Waals surface area contributed by atoms with Gasteiger partial charge in [-0.2, -0.15) is 0 Å². The van der Waals surface area contributed by atoms with Gasteiger partial charge in [0.1, 0.15) is 0 Å². The van der Waals surface area contributed by atoms with Crippen molar-refractivity contribution in [2.45, 2.75) is 65.2 Å². The number of hydrogen-bond donors (Lipinski definition) is 1. The van der Waals surface area contributed by atoms with Gasteiger partial charge in [0.15, 0.2) is 5.82 Å². The monoisotopic (exact) mass is 410 g/mol. The molecule has 4 rings (SSSR count). The summed E-state index contributed by atoms with van der Waals surface area (Å²) in [5.41, 5.74) is 4.00. The standard InChI is InChI=1S/C22H30N6O2/c1-15-10-16(2)19-12-17(22(29)23-20(19)11-15)13-27(18-6-4-5-7-18)14-21-24-25-26-28(21)8-9-30-3/h10-12,18H,4-9,13-14H2,1-3H3,(H,23,29). The molecule has 8 nitrogen and oxygen atoms in total. The first-order valence-corrected chi connectivity index (χ1v) is 10.7. The van der Waals surface area contributed by atoms with Gasteiger partial charge < -0.3 is 9.72 Å². The Balaban J connectivity index is 1.63. The summed E-state index contributed by atoms with van der Waals surface area (Å²) in [6.45, 7) is 6.52. The zero-order valence-electron chi connectivity index (χ0n) is 18.0. The number of ether oxygens (including phenoxy) is 1. The Morgan fingerprint density at radius 2 is 2.00 bits per heavy atom. The number of H-pyrrole nitrogens is 1. The normalized spacial score (nSPS) is 14.9. The van der Waals surface area contributed by atoms with Crippen LogP contribution in [0, 0.1) is 13.8 Å². The van der Waals surface area contributed by atoms with E-state index in [0.29, 0.717) is 32.3 Å². The van der Waals surface area contributed by atoms with Crippen molar-refractivity contribution < 1.29 is 4.74 Å². The van der Waals surface area contributed by atoms with E-state index in [9.17, 15) is 4.79 Å². The van der Waals surface area contributed by atoms with Crippen LogP contribution < -0.4 is 5.56 Å². The molecular formula is C22H30N6O2. The van der Waals surface area contributed by atoms with Crippen LogP contribution in [0.1, 0.15) is 48.2 Å². The Morgan fingerprint density at radius 1 is 1.20 bits per heavy atom. The highest BCUT2D eigenvalue weighted by molar-refractivity contribution is 5.83. The van der Waals surface area contributed by atoms with Crippen LogP contribution in [0.5, 0.6) is 0 Å². The first-order chi connectivity index (χ1) is 14.5. The van der Waals surface area contributed by atoms with Crippen molar-refractivity contribution in [2.24, 2.45) is 0 Å². The number of benzene rings is 1. The molecule has 0 aliphatic heterocycles. The number of rotatable bonds is 8. The fourth-order valence-electron chi connectivity index (χ4n) is 4.51. The molecule has 1 aliphatic carbocycles. The summed E-state index contributed by atoms with van der Waals surface area (Å²) in [5, 5.41) is 13.3. The summed E-state index contributed by atoms with van der Waals surface area (Å²) in [7, 11) is 1.67. The lowest BCUT2D eigenvalue weighted by atomic mass is 10.0. The summed E-state index contributed by atoms with van der Waals surface area (Å²) in [6.07, 6.45) is 4.73. The largest absolute Gasteiger partial charge is 0.383 e. The summed E-state index contributed by atoms with van der Waals surface area (Å²) < 4.78 is 6.97. The van der Waals surface area contributed by atoms with Crippen LogP contribution in [0.15, 0.2) is 23.0 Å². The Hall–Kier alpha value is -2.58. The van der Waals surface area contributed by atoms with Gasteiger partial charge in [-0.15, -0.1) is 5.10 Å². The predicted octanol–water partition coefficient (Wildman–Crippen LogP) is 2.72. The molecule has 0 amide bonds. The van der Waals surface area contributed by atoms with Crippen molar-refractivity contribution in [2.75, 3.05) is 13.7 Å². The number of hydrogen-bond acceptors (Lipinski definition) is 6. The maximum Gasteiger partial charge on any atom is 0.252 e. The summed E-state index contributed by atoms with van der Waals surface area (Å²) in [6, 6.07) is 6.68. The van der Waals surface area contributed by atoms with E-state index in [1.165, 1.54) is 18.4 Å². The molecule has 0 atom stereocenters. The molecule has 2 heterocycles. The Bertz CT molecular complexity index is 1070. The molecule has 160 valence electrons. The SMILES string of the molecule is COCCn1nnnc1CN(Cc1cc2c(C)cc(C)cc2[nH]c1=O)C1CCCC1. The Morgan fingerprint density at radius 3 is 2.77 bits per heavy atom. The van der Waals surface area contributed by atoms with Crippen molar-refractivity contribution in [1.29, 1.82) is 0 Å². The number of tetrazole rings is 1. The van der Waals surface area contributed by atoms with Gasteiger partial charge in [-0.3, -0.25) is 9.69 Å². The molecule has 0 saturated heterocycles. The molecule has 1 aliphatic rings. The maximum atomic E-state index is 12.9. The number of aromatic amines is 1. The number of nitrogens with one attached hydrogen (secondary N) is 1. The topological polar surface area (TPSA) is 88.9 Å². The summed E-state index contributed by atoms with van der Waals surface area (Å²) in [4.78, 5) is 18.3. The van der Waals surface area contributed by atoms with Gasteiger partial charge in [-0.25, -0.2) is 4.68 Å². The molecule has 2 aromatic heterocycles. The molecule has 1 saturated carbocycles. The average Bonchev–Trinajstić information content (AvgIpc) is 3.38. The van der Waals surface area contributed by atoms with Gasteiger partial charge in [0.25, 0.3) is 5.56 Å². The van der Waals surface area contributed by atoms with E-state index < -0.39 is 0 Å². The van der Waals surface area contributed by atoms with Crippen molar-refractivity contribution >= 4 is 10.9 Å². The minimum atomic E-state index is -0.0190. The summed E-state index contributed by atoms with van der Waals surface area (Å²) >= 11 is 0. The minimum Gasteiger partial charge on any atom is -0.383 e. The van der Waals surface area contributed by atoms with Crippen molar-refractivity contribution in [3.05, 3.63) is 51.1 Å². The molecule has 1 fully saturated rings. The first-order valence-electron chi connectivity index (χ1n) is 10.7. The predicted molar refractivity (Wildman–Crippen MR) is 115 cm³/mol. The average molecular weight is 411 g/mol. The molecular weight excluding hydrogens is 380 g/mol. The number of pyridine rings is 1. The molecule has 0 bridgehead atoms. The second kappa shape index (κ2) is 9.06. The molecule has 1 aromatic carbocycles. The van der Waals surface area contributed by atoms with Gasteiger partial charge in [0.05, 0.1) is 19.7 Å². The van der Waals surface area contributed by atoms with Crippen LogP contribution in [-0.2, 0) is 24.4 Å². The van der Waals surface area contributed by atoms with Crippen LogP contribution >= 0.6 is 0 Å². The van der Waals surface area contributed by atoms with E-state index in [1.54, 1.807) is 11.8 Å². The zero-order chi connectivity index (χ0) is 21.1. The molecule has 1 N–H and O–H groups in total. The number of aryl methyl sites for hydroxylation is 2. The lowest BCUT2D eigenvalue weighted by Gasteiger charge is -2.28. The highest BCUT2D eigenvalue weighted by Crippen LogP contribution is 2.26. The fraction of sp³-hybridized carbons (Fsp3) is 0.545. The lowest BCUT2D eigenvalue weighted by Crippen LogP contribution is -2.35. The van der Waals surface area contributed by atoms with Crippen LogP contribution in [0.25, 0.3) is 10.9 Å². The second-order valence-corrected chi connectivity index (χ2v) is 8.32. The number of aromatic nitrogens is 5. The third-order valence-corrected chi connectivity index (χ3v) is 6.06. The number of nitrogens with zero attached hydrogens (tertiary/aromatic N) is 5. The van der Waals surface area contributed by atoms with Crippen molar-refractivity contribution in [1.82, 2.24) is 30.1 Å². The quantitative estimate of drug-likeness (QED) is 0.614. The van der Waals surface area contributed by atoms with Gasteiger partial charge in [-0.1, -0.05) is 18.9 Å². The van der Waals surface area contributed by atoms with Gasteiger partial charge in [0, 0.05) is 36.2 Å². The van der Waals surface area contributed by atoms with Crippen LogP contribution in [0.3, 0.4) is 0 Å². The van der Waals surface area contributed by atoms with E-state index in [1.807, 2.05) is 13.0 Å². The van der Waals surface area contributed by atoms with Crippen molar-refractivity contribution in [3.8, 4) is 0 Å². The molecule has 3 aromatic rings. The van der Waals surface area contributed by atoms with Crippen LogP contribution in [0.4, 0.5) is 0 Å². The van der Waals surface area contributed by atoms with Gasteiger partial charge in [0.2, 0.25) is 0 Å². The lowest BCUT2D eigenvalue weighted by molar-refractivity contribution is 0.162. The number of methoxy groups -OCH3 is 1. The van der Waals surface area contributed by atoms with Crippen molar-refractivity contribution in [3.63, 3.8) is 0 Å². The third kappa shape index (κ3) is 4.44. The van der Waals surface area contributed by atoms with E-state index >= 15 is 0 Å². The zero-order valence-corrected chi connectivity index (χ0v) is 18.0. The molecule has 8 heteroatoms. The highest BCUT2D eigenvalue weighted by atomic mass is 16.5. The summed E-state index contributed by atoms with van der Waals surface area (Å²) in [5.74, 6) is 0.808. The molecule has 30 heavy (non-hydrogen) atoms. The molecule has 0 radical (unpaired) electrons. The minimum absolute atomic E-state index is 0.0190. The molecule has 0 unspecified atom stereocenters. The highest BCUT2D eigenvalue weighted by Gasteiger charge is 2.25. The second-order valence-electron chi connectivity index (χ2n) is 8.32. The molecule has 0 spiro atoms. The third-order valence-electron chi connectivity index (χ3n) is 6.06. The first kappa shape index (κ1) is 20.7. The van der Waals surface area contributed by atoms with E-state index in [0.717, 1.165) is 40.7 Å². The van der Waals surface area contributed by atoms with Gasteiger partial charge >= 0.3 is 0 Å². The fourth-order valence-corrected chi connectivity index (χ4v) is 4.51. The van der Waals surface area contributed by atoms with E-state index in [-0.39, 0.29) is 5.56 Å². The maximum absolute atomic E-state index is 12.9. The Labute approximate surface area is 176 Å². The van der Waals surface area contributed by atoms with Crippen LogP contribution in [0.2, 0.25) is 0 Å². The van der Waals surface area contributed by atoms with Gasteiger partial charge in [-0.05, 0) is 60.4 Å².